The second-order valence-electron chi connectivity index (χ2n) is 9.14. The quantitative estimate of drug-likeness (QED) is 0.468. The van der Waals surface area contributed by atoms with Crippen LogP contribution in [0.3, 0.4) is 0 Å². The number of amides is 1. The fraction of sp³-hybridized carbons (Fsp3) is 0.407. The number of methoxy groups -OCH3 is 1. The molecule has 1 N–H and O–H groups in total. The Kier molecular flexibility index (Phi) is 8.27. The van der Waals surface area contributed by atoms with Crippen LogP contribution in [0, 0.1) is 11.6 Å². The van der Waals surface area contributed by atoms with Crippen molar-refractivity contribution >= 4 is 5.91 Å². The molecule has 1 fully saturated rings. The van der Waals surface area contributed by atoms with Crippen molar-refractivity contribution in [1.29, 1.82) is 0 Å². The maximum Gasteiger partial charge on any atom is 0.271 e. The van der Waals surface area contributed by atoms with Gasteiger partial charge in [0.2, 0.25) is 5.88 Å². The molecule has 1 aromatic carbocycles. The highest BCUT2D eigenvalue weighted by molar-refractivity contribution is 5.96. The first kappa shape index (κ1) is 26.4. The van der Waals surface area contributed by atoms with Crippen molar-refractivity contribution < 1.29 is 23.4 Å². The zero-order chi connectivity index (χ0) is 26.5. The Hall–Kier alpha value is -3.66. The topological polar surface area (TPSA) is 97.6 Å². The first-order valence-corrected chi connectivity index (χ1v) is 12.3. The number of aromatic hydroxyl groups is 1. The fourth-order valence-corrected chi connectivity index (χ4v) is 4.79. The number of aryl methyl sites for hydroxylation is 1. The van der Waals surface area contributed by atoms with E-state index < -0.39 is 46.5 Å². The predicted molar refractivity (Wildman–Crippen MR) is 133 cm³/mol. The van der Waals surface area contributed by atoms with Crippen molar-refractivity contribution in [2.24, 2.45) is 0 Å². The molecule has 37 heavy (non-hydrogen) atoms. The summed E-state index contributed by atoms with van der Waals surface area (Å²) in [5, 5.41) is 10.7. The molecular weight excluding hydrogens is 482 g/mol. The zero-order valence-electron chi connectivity index (χ0n) is 20.9. The number of carbonyl (C=O) groups excluding carboxylic acids is 1. The largest absolute Gasteiger partial charge is 0.493 e. The molecule has 3 heterocycles. The number of benzene rings is 1. The van der Waals surface area contributed by atoms with Crippen LogP contribution >= 0.6 is 0 Å². The molecule has 1 amide bonds. The van der Waals surface area contributed by atoms with Crippen LogP contribution < -0.4 is 5.56 Å². The Morgan fingerprint density at radius 1 is 1.27 bits per heavy atom. The molecule has 1 saturated heterocycles. The number of halogens is 2. The average molecular weight is 513 g/mol. The van der Waals surface area contributed by atoms with Gasteiger partial charge in [-0.05, 0) is 18.4 Å². The molecule has 2 aromatic heterocycles. The lowest BCUT2D eigenvalue weighted by molar-refractivity contribution is 0.0782. The van der Waals surface area contributed by atoms with Crippen LogP contribution in [0.1, 0.15) is 65.6 Å². The molecule has 1 aliphatic rings. The molecule has 196 valence electrons. The third kappa shape index (κ3) is 5.53. The standard InChI is InChI=1S/C27H30F2N4O4/c1-3-4-10-22-31-25(34)23(27(36)33(22)21(16-37-2)17-8-6-5-7-9-17)26(35)32-12-11-18(15-32)24-20(29)13-19(28)14-30-24/h5-9,13-14,18,21,34H,3-4,10-12,15-16H2,1-2H3. The number of hydrogen-bond donors (Lipinski definition) is 1. The molecule has 0 saturated carbocycles. The summed E-state index contributed by atoms with van der Waals surface area (Å²) in [5.41, 5.74) is -0.237. The van der Waals surface area contributed by atoms with Gasteiger partial charge in [-0.2, -0.15) is 4.98 Å². The number of pyridine rings is 1. The third-order valence-corrected chi connectivity index (χ3v) is 6.66. The van der Waals surface area contributed by atoms with E-state index in [0.717, 1.165) is 30.7 Å². The average Bonchev–Trinajstić information content (AvgIpc) is 3.37. The van der Waals surface area contributed by atoms with Gasteiger partial charge in [-0.1, -0.05) is 43.7 Å². The Balaban J connectivity index is 1.73. The molecule has 0 spiro atoms. The molecule has 0 aliphatic carbocycles. The number of unbranched alkanes of at least 4 members (excludes halogenated alkanes) is 1. The van der Waals surface area contributed by atoms with Crippen molar-refractivity contribution in [2.75, 3.05) is 26.8 Å². The van der Waals surface area contributed by atoms with E-state index in [1.165, 1.54) is 16.6 Å². The van der Waals surface area contributed by atoms with E-state index in [-0.39, 0.29) is 25.4 Å². The van der Waals surface area contributed by atoms with Crippen molar-refractivity contribution in [3.63, 3.8) is 0 Å². The van der Waals surface area contributed by atoms with Crippen LogP contribution in [0.5, 0.6) is 5.88 Å². The van der Waals surface area contributed by atoms with Gasteiger partial charge in [-0.3, -0.25) is 19.1 Å². The molecule has 2 atom stereocenters. The number of rotatable bonds is 9. The molecule has 4 rings (SSSR count). The van der Waals surface area contributed by atoms with E-state index in [0.29, 0.717) is 18.7 Å². The van der Waals surface area contributed by atoms with Crippen LogP contribution in [0.4, 0.5) is 8.78 Å². The Morgan fingerprint density at radius 2 is 2.03 bits per heavy atom. The van der Waals surface area contributed by atoms with E-state index in [1.54, 1.807) is 0 Å². The highest BCUT2D eigenvalue weighted by Crippen LogP contribution is 2.30. The van der Waals surface area contributed by atoms with Gasteiger partial charge in [0, 0.05) is 38.6 Å². The second kappa shape index (κ2) is 11.6. The number of aromatic nitrogens is 3. The summed E-state index contributed by atoms with van der Waals surface area (Å²) >= 11 is 0. The van der Waals surface area contributed by atoms with Gasteiger partial charge in [0.05, 0.1) is 24.5 Å². The summed E-state index contributed by atoms with van der Waals surface area (Å²) in [5.74, 6) is -2.98. The summed E-state index contributed by atoms with van der Waals surface area (Å²) in [6.45, 7) is 2.46. The van der Waals surface area contributed by atoms with E-state index in [1.807, 2.05) is 37.3 Å². The first-order chi connectivity index (χ1) is 17.8. The molecule has 1 aliphatic heterocycles. The smallest absolute Gasteiger partial charge is 0.271 e. The maximum absolute atomic E-state index is 14.3. The Morgan fingerprint density at radius 3 is 2.70 bits per heavy atom. The number of carbonyl (C=O) groups is 1. The SMILES string of the molecule is CCCCc1nc(O)c(C(=O)N2CCC(c3ncc(F)cc3F)C2)c(=O)n1C(COC)c1ccccc1. The van der Waals surface area contributed by atoms with E-state index in [2.05, 4.69) is 9.97 Å². The number of nitrogens with zero attached hydrogens (tertiary/aromatic N) is 4. The van der Waals surface area contributed by atoms with Gasteiger partial charge < -0.3 is 14.7 Å². The van der Waals surface area contributed by atoms with Crippen molar-refractivity contribution in [2.45, 2.75) is 44.6 Å². The Labute approximate surface area is 213 Å². The first-order valence-electron chi connectivity index (χ1n) is 12.3. The summed E-state index contributed by atoms with van der Waals surface area (Å²) in [4.78, 5) is 36.9. The molecule has 10 heteroatoms. The van der Waals surface area contributed by atoms with Gasteiger partial charge in [-0.15, -0.1) is 0 Å². The Bertz CT molecular complexity index is 1320. The van der Waals surface area contributed by atoms with Crippen LogP contribution in [0.25, 0.3) is 0 Å². The number of hydrogen-bond acceptors (Lipinski definition) is 6. The van der Waals surface area contributed by atoms with Gasteiger partial charge in [0.1, 0.15) is 17.5 Å². The van der Waals surface area contributed by atoms with Gasteiger partial charge in [0.15, 0.2) is 5.56 Å². The lowest BCUT2D eigenvalue weighted by Crippen LogP contribution is -2.39. The monoisotopic (exact) mass is 512 g/mol. The summed E-state index contributed by atoms with van der Waals surface area (Å²) in [7, 11) is 1.53. The maximum atomic E-state index is 14.3. The van der Waals surface area contributed by atoms with E-state index in [4.69, 9.17) is 4.74 Å². The lowest BCUT2D eigenvalue weighted by atomic mass is 10.0. The molecule has 2 unspecified atom stereocenters. The minimum atomic E-state index is -0.782. The molecular formula is C27H30F2N4O4. The zero-order valence-corrected chi connectivity index (χ0v) is 20.9. The fourth-order valence-electron chi connectivity index (χ4n) is 4.79. The van der Waals surface area contributed by atoms with Crippen LogP contribution in [0.2, 0.25) is 0 Å². The van der Waals surface area contributed by atoms with Crippen molar-refractivity contribution in [3.05, 3.63) is 87.2 Å². The molecule has 0 bridgehead atoms. The normalized spacial score (nSPS) is 16.2. The number of ether oxygens (including phenoxy) is 1. The highest BCUT2D eigenvalue weighted by atomic mass is 19.1. The van der Waals surface area contributed by atoms with E-state index >= 15 is 0 Å². The molecule has 3 aromatic rings. The minimum Gasteiger partial charge on any atom is -0.493 e. The molecule has 0 radical (unpaired) electrons. The highest BCUT2D eigenvalue weighted by Gasteiger charge is 2.35. The van der Waals surface area contributed by atoms with Crippen LogP contribution in [-0.4, -0.2) is 57.3 Å². The van der Waals surface area contributed by atoms with Gasteiger partial charge in [-0.25, -0.2) is 8.78 Å². The second-order valence-corrected chi connectivity index (χ2v) is 9.14. The van der Waals surface area contributed by atoms with Crippen LogP contribution in [0.15, 0.2) is 47.4 Å². The van der Waals surface area contributed by atoms with Gasteiger partial charge >= 0.3 is 0 Å². The minimum absolute atomic E-state index is 0.0654. The third-order valence-electron chi connectivity index (χ3n) is 6.66. The lowest BCUT2D eigenvalue weighted by Gasteiger charge is -2.24. The van der Waals surface area contributed by atoms with Crippen molar-refractivity contribution in [3.8, 4) is 5.88 Å². The van der Waals surface area contributed by atoms with Gasteiger partial charge in [0.25, 0.3) is 11.5 Å². The summed E-state index contributed by atoms with van der Waals surface area (Å²) in [6, 6.07) is 9.49. The molecule has 8 nitrogen and oxygen atoms in total. The van der Waals surface area contributed by atoms with Crippen molar-refractivity contribution in [1.82, 2.24) is 19.4 Å². The number of likely N-dealkylation sites (tertiary alicyclic amines) is 1. The summed E-state index contributed by atoms with van der Waals surface area (Å²) in [6.07, 6.45) is 3.33. The predicted octanol–water partition coefficient (Wildman–Crippen LogP) is 3.83. The van der Waals surface area contributed by atoms with E-state index in [9.17, 15) is 23.5 Å². The van der Waals surface area contributed by atoms with Crippen LogP contribution in [-0.2, 0) is 11.2 Å². The summed E-state index contributed by atoms with van der Waals surface area (Å²) < 4.78 is 34.4.